The van der Waals surface area contributed by atoms with Gasteiger partial charge in [-0.2, -0.15) is 0 Å². The normalized spacial score (nSPS) is 16.9. The van der Waals surface area contributed by atoms with Crippen LogP contribution < -0.4 is 4.74 Å². The Hall–Kier alpha value is -2.35. The highest BCUT2D eigenvalue weighted by Gasteiger charge is 2.18. The highest BCUT2D eigenvalue weighted by atomic mass is 16.5. The molecule has 20 heavy (non-hydrogen) atoms. The Kier molecular flexibility index (Phi) is 3.38. The zero-order chi connectivity index (χ0) is 13.9. The van der Waals surface area contributed by atoms with Crippen molar-refractivity contribution in [3.63, 3.8) is 0 Å². The van der Waals surface area contributed by atoms with E-state index in [0.29, 0.717) is 5.56 Å². The molecule has 100 valence electrons. The minimum atomic E-state index is 0.0238. The second kappa shape index (κ2) is 5.33. The summed E-state index contributed by atoms with van der Waals surface area (Å²) in [5, 5.41) is 0. The highest BCUT2D eigenvalue weighted by molar-refractivity contribution is 6.06. The Labute approximate surface area is 118 Å². The van der Waals surface area contributed by atoms with Crippen molar-refractivity contribution in [1.29, 1.82) is 0 Å². The number of allylic oxidation sites excluding steroid dienone is 1. The summed E-state index contributed by atoms with van der Waals surface area (Å²) >= 11 is 0. The largest absolute Gasteiger partial charge is 0.490 e. The van der Waals surface area contributed by atoms with Crippen LogP contribution in [0.4, 0.5) is 0 Å². The minimum Gasteiger partial charge on any atom is -0.490 e. The second-order valence-electron chi connectivity index (χ2n) is 5.06. The standard InChI is InChI=1S/C18H16O2/c1-13-11-16-12-14(8-10-18(16)20-13)7-9-17(19)15-5-3-2-4-6-15/h2-10,12-13H,11H2,1H3/b9-7+. The molecule has 2 heteroatoms. The van der Waals surface area contributed by atoms with Gasteiger partial charge in [0.1, 0.15) is 11.9 Å². The molecule has 1 heterocycles. The number of hydrogen-bond donors (Lipinski definition) is 0. The molecule has 0 radical (unpaired) electrons. The summed E-state index contributed by atoms with van der Waals surface area (Å²) in [6.07, 6.45) is 4.66. The minimum absolute atomic E-state index is 0.0238. The summed E-state index contributed by atoms with van der Waals surface area (Å²) in [6, 6.07) is 15.3. The van der Waals surface area contributed by atoms with Crippen LogP contribution in [0.3, 0.4) is 0 Å². The van der Waals surface area contributed by atoms with Crippen molar-refractivity contribution < 1.29 is 9.53 Å². The third-order valence-electron chi connectivity index (χ3n) is 3.41. The molecule has 0 aliphatic carbocycles. The molecular weight excluding hydrogens is 248 g/mol. The molecule has 0 N–H and O–H groups in total. The van der Waals surface area contributed by atoms with E-state index in [-0.39, 0.29) is 11.9 Å². The third kappa shape index (κ3) is 2.64. The monoisotopic (exact) mass is 264 g/mol. The molecule has 0 aromatic heterocycles. The topological polar surface area (TPSA) is 26.3 Å². The first-order chi connectivity index (χ1) is 9.72. The van der Waals surface area contributed by atoms with Gasteiger partial charge in [0.25, 0.3) is 0 Å². The van der Waals surface area contributed by atoms with Gasteiger partial charge >= 0.3 is 0 Å². The van der Waals surface area contributed by atoms with Crippen LogP contribution in [0.1, 0.15) is 28.4 Å². The molecule has 1 atom stereocenters. The number of rotatable bonds is 3. The van der Waals surface area contributed by atoms with Crippen molar-refractivity contribution in [3.05, 3.63) is 71.3 Å². The summed E-state index contributed by atoms with van der Waals surface area (Å²) in [5.41, 5.74) is 2.96. The molecule has 2 aromatic carbocycles. The Morgan fingerprint density at radius 2 is 2.00 bits per heavy atom. The molecule has 0 fully saturated rings. The van der Waals surface area contributed by atoms with E-state index in [1.165, 1.54) is 5.56 Å². The molecule has 0 saturated carbocycles. The van der Waals surface area contributed by atoms with Gasteiger partial charge in [0, 0.05) is 12.0 Å². The SMILES string of the molecule is CC1Cc2cc(/C=C/C(=O)c3ccccc3)ccc2O1. The Balaban J connectivity index is 1.77. The molecule has 0 amide bonds. The first-order valence-corrected chi connectivity index (χ1v) is 6.79. The molecule has 0 saturated heterocycles. The fourth-order valence-electron chi connectivity index (χ4n) is 2.42. The van der Waals surface area contributed by atoms with Gasteiger partial charge in [-0.15, -0.1) is 0 Å². The van der Waals surface area contributed by atoms with Crippen LogP contribution in [-0.2, 0) is 6.42 Å². The lowest BCUT2D eigenvalue weighted by Crippen LogP contribution is -2.05. The zero-order valence-corrected chi connectivity index (χ0v) is 11.4. The van der Waals surface area contributed by atoms with Gasteiger partial charge in [-0.1, -0.05) is 42.5 Å². The van der Waals surface area contributed by atoms with Gasteiger partial charge in [0.05, 0.1) is 0 Å². The van der Waals surface area contributed by atoms with Crippen LogP contribution in [0, 0.1) is 0 Å². The lowest BCUT2D eigenvalue weighted by Gasteiger charge is -2.01. The quantitative estimate of drug-likeness (QED) is 0.620. The summed E-state index contributed by atoms with van der Waals surface area (Å²) in [7, 11) is 0. The van der Waals surface area contributed by atoms with Gasteiger partial charge in [-0.25, -0.2) is 0 Å². The summed E-state index contributed by atoms with van der Waals surface area (Å²) < 4.78 is 5.67. The molecule has 1 aliphatic heterocycles. The molecule has 0 spiro atoms. The molecule has 1 unspecified atom stereocenters. The van der Waals surface area contributed by atoms with Crippen molar-refractivity contribution in [2.45, 2.75) is 19.4 Å². The number of carbonyl (C=O) groups excluding carboxylic acids is 1. The van der Waals surface area contributed by atoms with E-state index in [1.54, 1.807) is 6.08 Å². The molecule has 1 aliphatic rings. The highest BCUT2D eigenvalue weighted by Crippen LogP contribution is 2.29. The fraction of sp³-hybridized carbons (Fsp3) is 0.167. The number of fused-ring (bicyclic) bond motifs is 1. The lowest BCUT2D eigenvalue weighted by atomic mass is 10.1. The van der Waals surface area contributed by atoms with Gasteiger partial charge in [0.15, 0.2) is 5.78 Å². The van der Waals surface area contributed by atoms with Crippen LogP contribution in [0.5, 0.6) is 5.75 Å². The van der Waals surface area contributed by atoms with E-state index in [1.807, 2.05) is 48.5 Å². The first kappa shape index (κ1) is 12.7. The van der Waals surface area contributed by atoms with Crippen LogP contribution in [-0.4, -0.2) is 11.9 Å². The molecule has 0 bridgehead atoms. The maximum atomic E-state index is 12.0. The molecule has 2 nitrogen and oxygen atoms in total. The number of ketones is 1. The van der Waals surface area contributed by atoms with Crippen molar-refractivity contribution in [2.75, 3.05) is 0 Å². The average Bonchev–Trinajstić information content (AvgIpc) is 2.85. The maximum absolute atomic E-state index is 12.0. The predicted molar refractivity (Wildman–Crippen MR) is 80.0 cm³/mol. The van der Waals surface area contributed by atoms with Crippen LogP contribution in [0.2, 0.25) is 0 Å². The second-order valence-corrected chi connectivity index (χ2v) is 5.06. The van der Waals surface area contributed by atoms with Crippen molar-refractivity contribution in [1.82, 2.24) is 0 Å². The Morgan fingerprint density at radius 3 is 2.80 bits per heavy atom. The van der Waals surface area contributed by atoms with E-state index in [9.17, 15) is 4.79 Å². The number of hydrogen-bond acceptors (Lipinski definition) is 2. The Bertz CT molecular complexity index is 656. The maximum Gasteiger partial charge on any atom is 0.185 e. The average molecular weight is 264 g/mol. The number of benzene rings is 2. The van der Waals surface area contributed by atoms with Gasteiger partial charge in [0.2, 0.25) is 0 Å². The molecule has 2 aromatic rings. The third-order valence-corrected chi connectivity index (χ3v) is 3.41. The van der Waals surface area contributed by atoms with Crippen molar-refractivity contribution >= 4 is 11.9 Å². The number of carbonyl (C=O) groups is 1. The zero-order valence-electron chi connectivity index (χ0n) is 11.4. The first-order valence-electron chi connectivity index (χ1n) is 6.79. The summed E-state index contributed by atoms with van der Waals surface area (Å²) in [4.78, 5) is 12.0. The van der Waals surface area contributed by atoms with Crippen LogP contribution >= 0.6 is 0 Å². The van der Waals surface area contributed by atoms with Crippen molar-refractivity contribution in [2.24, 2.45) is 0 Å². The fourth-order valence-corrected chi connectivity index (χ4v) is 2.42. The van der Waals surface area contributed by atoms with Gasteiger partial charge in [-0.05, 0) is 36.3 Å². The van der Waals surface area contributed by atoms with E-state index >= 15 is 0 Å². The van der Waals surface area contributed by atoms with E-state index in [2.05, 4.69) is 13.0 Å². The summed E-state index contributed by atoms with van der Waals surface area (Å²) in [5.74, 6) is 0.986. The Morgan fingerprint density at radius 1 is 1.20 bits per heavy atom. The van der Waals surface area contributed by atoms with Gasteiger partial charge in [-0.3, -0.25) is 4.79 Å². The van der Waals surface area contributed by atoms with Gasteiger partial charge < -0.3 is 4.74 Å². The van der Waals surface area contributed by atoms with Crippen molar-refractivity contribution in [3.8, 4) is 5.75 Å². The van der Waals surface area contributed by atoms with E-state index in [4.69, 9.17) is 4.74 Å². The van der Waals surface area contributed by atoms with E-state index < -0.39 is 0 Å². The number of ether oxygens (including phenoxy) is 1. The molecule has 3 rings (SSSR count). The molecular formula is C18H16O2. The predicted octanol–water partition coefficient (Wildman–Crippen LogP) is 3.91. The van der Waals surface area contributed by atoms with Crippen LogP contribution in [0.15, 0.2) is 54.6 Å². The smallest absolute Gasteiger partial charge is 0.185 e. The van der Waals surface area contributed by atoms with E-state index in [0.717, 1.165) is 17.7 Å². The lowest BCUT2D eigenvalue weighted by molar-refractivity contribution is 0.104. The summed E-state index contributed by atoms with van der Waals surface area (Å²) in [6.45, 7) is 2.06. The van der Waals surface area contributed by atoms with Crippen LogP contribution in [0.25, 0.3) is 6.08 Å².